The number of carbonyl (C=O) groups excluding carboxylic acids is 1. The number of hydrogen-bond donors (Lipinski definition) is 1. The van der Waals surface area contributed by atoms with Crippen molar-refractivity contribution < 1.29 is 4.79 Å². The SMILES string of the molecule is CNc1ccncc1C(=O)N1CCCC(C(C)(C)C)CC1. The molecular formula is C17H27N3O. The molecule has 1 aromatic rings. The standard InChI is InChI=1S/C17H27N3O/c1-17(2,3)13-6-5-10-20(11-8-13)16(21)14-12-19-9-7-15(14)18-4/h7,9,12-13H,5-6,8,10-11H2,1-4H3,(H,18,19). The van der Waals surface area contributed by atoms with Crippen molar-refractivity contribution in [3.63, 3.8) is 0 Å². The summed E-state index contributed by atoms with van der Waals surface area (Å²) in [5.74, 6) is 0.787. The number of hydrogen-bond acceptors (Lipinski definition) is 3. The van der Waals surface area contributed by atoms with Crippen molar-refractivity contribution in [1.82, 2.24) is 9.88 Å². The van der Waals surface area contributed by atoms with Crippen LogP contribution in [0.25, 0.3) is 0 Å². The summed E-state index contributed by atoms with van der Waals surface area (Å²) in [7, 11) is 1.84. The topological polar surface area (TPSA) is 45.2 Å². The van der Waals surface area contributed by atoms with Crippen molar-refractivity contribution in [3.8, 4) is 0 Å². The van der Waals surface area contributed by atoms with Crippen LogP contribution in [-0.2, 0) is 0 Å². The number of nitrogens with zero attached hydrogens (tertiary/aromatic N) is 2. The minimum Gasteiger partial charge on any atom is -0.387 e. The van der Waals surface area contributed by atoms with E-state index in [1.807, 2.05) is 18.0 Å². The summed E-state index contributed by atoms with van der Waals surface area (Å²) in [6.45, 7) is 8.60. The number of pyridine rings is 1. The Hall–Kier alpha value is -1.58. The fourth-order valence-electron chi connectivity index (χ4n) is 3.12. The molecule has 116 valence electrons. The number of rotatable bonds is 2. The lowest BCUT2D eigenvalue weighted by atomic mass is 9.77. The molecule has 0 spiro atoms. The number of aromatic nitrogens is 1. The van der Waals surface area contributed by atoms with Crippen LogP contribution < -0.4 is 5.32 Å². The number of amides is 1. The number of nitrogens with one attached hydrogen (secondary N) is 1. The van der Waals surface area contributed by atoms with Gasteiger partial charge in [0.15, 0.2) is 0 Å². The van der Waals surface area contributed by atoms with Gasteiger partial charge in [0.05, 0.1) is 5.56 Å². The molecule has 1 saturated heterocycles. The molecule has 4 nitrogen and oxygen atoms in total. The molecule has 2 heterocycles. The van der Waals surface area contributed by atoms with E-state index in [9.17, 15) is 4.79 Å². The van der Waals surface area contributed by atoms with E-state index >= 15 is 0 Å². The van der Waals surface area contributed by atoms with E-state index in [-0.39, 0.29) is 5.91 Å². The van der Waals surface area contributed by atoms with Gasteiger partial charge in [0.1, 0.15) is 0 Å². The Morgan fingerprint density at radius 1 is 1.33 bits per heavy atom. The quantitative estimate of drug-likeness (QED) is 0.907. The summed E-state index contributed by atoms with van der Waals surface area (Å²) in [4.78, 5) is 18.8. The smallest absolute Gasteiger partial charge is 0.257 e. The zero-order valence-corrected chi connectivity index (χ0v) is 13.6. The van der Waals surface area contributed by atoms with Gasteiger partial charge in [0.2, 0.25) is 0 Å². The van der Waals surface area contributed by atoms with Gasteiger partial charge in [-0.05, 0) is 36.7 Å². The zero-order chi connectivity index (χ0) is 15.5. The van der Waals surface area contributed by atoms with Gasteiger partial charge in [-0.25, -0.2) is 0 Å². The highest BCUT2D eigenvalue weighted by Crippen LogP contribution is 2.34. The van der Waals surface area contributed by atoms with Crippen LogP contribution in [0.15, 0.2) is 18.5 Å². The Morgan fingerprint density at radius 3 is 2.76 bits per heavy atom. The van der Waals surface area contributed by atoms with Crippen LogP contribution in [0.2, 0.25) is 0 Å². The maximum atomic E-state index is 12.7. The Kier molecular flexibility index (Phi) is 4.86. The summed E-state index contributed by atoms with van der Waals surface area (Å²) < 4.78 is 0. The van der Waals surface area contributed by atoms with E-state index in [1.165, 1.54) is 6.42 Å². The van der Waals surface area contributed by atoms with Crippen molar-refractivity contribution in [2.24, 2.45) is 11.3 Å². The van der Waals surface area contributed by atoms with Crippen molar-refractivity contribution in [2.75, 3.05) is 25.5 Å². The number of anilines is 1. The van der Waals surface area contributed by atoms with Gasteiger partial charge in [-0.15, -0.1) is 0 Å². The van der Waals surface area contributed by atoms with Gasteiger partial charge in [0.25, 0.3) is 5.91 Å². The predicted octanol–water partition coefficient (Wildman–Crippen LogP) is 3.41. The molecule has 0 aromatic carbocycles. The maximum absolute atomic E-state index is 12.7. The maximum Gasteiger partial charge on any atom is 0.257 e. The van der Waals surface area contributed by atoms with Crippen LogP contribution in [0, 0.1) is 11.3 Å². The molecule has 1 aromatic heterocycles. The first-order chi connectivity index (χ1) is 9.93. The molecule has 2 rings (SSSR count). The summed E-state index contributed by atoms with van der Waals surface area (Å²) in [5.41, 5.74) is 1.85. The molecule has 1 amide bonds. The molecule has 1 N–H and O–H groups in total. The predicted molar refractivity (Wildman–Crippen MR) is 86.5 cm³/mol. The zero-order valence-electron chi connectivity index (χ0n) is 13.6. The van der Waals surface area contributed by atoms with Crippen molar-refractivity contribution in [1.29, 1.82) is 0 Å². The first kappa shape index (κ1) is 15.8. The fourth-order valence-corrected chi connectivity index (χ4v) is 3.12. The molecule has 0 aliphatic carbocycles. The summed E-state index contributed by atoms with van der Waals surface area (Å²) >= 11 is 0. The molecule has 1 aliphatic rings. The molecule has 0 saturated carbocycles. The molecule has 0 radical (unpaired) electrons. The fraction of sp³-hybridized carbons (Fsp3) is 0.647. The Morgan fingerprint density at radius 2 is 2.10 bits per heavy atom. The molecule has 1 unspecified atom stereocenters. The first-order valence-electron chi connectivity index (χ1n) is 7.84. The number of likely N-dealkylation sites (tertiary alicyclic amines) is 1. The van der Waals surface area contributed by atoms with Crippen molar-refractivity contribution in [2.45, 2.75) is 40.0 Å². The summed E-state index contributed by atoms with van der Waals surface area (Å²) in [6, 6.07) is 1.85. The van der Waals surface area contributed by atoms with Crippen LogP contribution >= 0.6 is 0 Å². The largest absolute Gasteiger partial charge is 0.387 e. The van der Waals surface area contributed by atoms with Gasteiger partial charge in [-0.3, -0.25) is 9.78 Å². The number of carbonyl (C=O) groups is 1. The third-order valence-electron chi connectivity index (χ3n) is 4.56. The van der Waals surface area contributed by atoms with E-state index in [4.69, 9.17) is 0 Å². The average Bonchev–Trinajstić information content (AvgIpc) is 2.72. The first-order valence-corrected chi connectivity index (χ1v) is 7.84. The Labute approximate surface area is 127 Å². The van der Waals surface area contributed by atoms with Gasteiger partial charge in [-0.2, -0.15) is 0 Å². The van der Waals surface area contributed by atoms with Crippen LogP contribution in [-0.4, -0.2) is 35.9 Å². The lowest BCUT2D eigenvalue weighted by Gasteiger charge is -2.29. The van der Waals surface area contributed by atoms with Gasteiger partial charge in [-0.1, -0.05) is 20.8 Å². The van der Waals surface area contributed by atoms with E-state index in [2.05, 4.69) is 31.1 Å². The molecule has 4 heteroatoms. The summed E-state index contributed by atoms with van der Waals surface area (Å²) in [5, 5.41) is 3.08. The molecular weight excluding hydrogens is 262 g/mol. The second-order valence-electron chi connectivity index (χ2n) is 6.96. The molecule has 1 fully saturated rings. The third-order valence-corrected chi connectivity index (χ3v) is 4.56. The van der Waals surface area contributed by atoms with Crippen LogP contribution in [0.5, 0.6) is 0 Å². The molecule has 1 aliphatic heterocycles. The average molecular weight is 289 g/mol. The lowest BCUT2D eigenvalue weighted by molar-refractivity contribution is 0.0756. The van der Waals surface area contributed by atoms with E-state index in [0.29, 0.717) is 16.9 Å². The Balaban J connectivity index is 2.10. The van der Waals surface area contributed by atoms with Crippen LogP contribution in [0.3, 0.4) is 0 Å². The monoisotopic (exact) mass is 289 g/mol. The molecule has 21 heavy (non-hydrogen) atoms. The van der Waals surface area contributed by atoms with Crippen LogP contribution in [0.4, 0.5) is 5.69 Å². The molecule has 0 bridgehead atoms. The normalized spacial score (nSPS) is 20.0. The van der Waals surface area contributed by atoms with E-state index in [1.54, 1.807) is 12.4 Å². The van der Waals surface area contributed by atoms with Gasteiger partial charge < -0.3 is 10.2 Å². The molecule has 1 atom stereocenters. The van der Waals surface area contributed by atoms with E-state index < -0.39 is 0 Å². The van der Waals surface area contributed by atoms with Gasteiger partial charge >= 0.3 is 0 Å². The van der Waals surface area contributed by atoms with Crippen LogP contribution in [0.1, 0.15) is 50.4 Å². The van der Waals surface area contributed by atoms with E-state index in [0.717, 1.165) is 31.6 Å². The Bertz CT molecular complexity index is 493. The minimum atomic E-state index is 0.0991. The van der Waals surface area contributed by atoms with Crippen molar-refractivity contribution >= 4 is 11.6 Å². The second kappa shape index (κ2) is 6.46. The highest BCUT2D eigenvalue weighted by atomic mass is 16.2. The highest BCUT2D eigenvalue weighted by molar-refractivity contribution is 5.99. The van der Waals surface area contributed by atoms with Gasteiger partial charge in [0, 0.05) is 38.2 Å². The second-order valence-corrected chi connectivity index (χ2v) is 6.96. The van der Waals surface area contributed by atoms with Crippen molar-refractivity contribution in [3.05, 3.63) is 24.0 Å². The summed E-state index contributed by atoms with van der Waals surface area (Å²) in [6.07, 6.45) is 6.76. The minimum absolute atomic E-state index is 0.0991. The highest BCUT2D eigenvalue weighted by Gasteiger charge is 2.29. The lowest BCUT2D eigenvalue weighted by Crippen LogP contribution is -2.33. The third kappa shape index (κ3) is 3.74.